The molecule has 0 aliphatic carbocycles. The van der Waals surface area contributed by atoms with Crippen molar-refractivity contribution in [2.24, 2.45) is 0 Å². The van der Waals surface area contributed by atoms with Crippen LogP contribution in [0.2, 0.25) is 0 Å². The predicted octanol–water partition coefficient (Wildman–Crippen LogP) is -1.18. The maximum atomic E-state index is 11.7. The van der Waals surface area contributed by atoms with Gasteiger partial charge >= 0.3 is 12.0 Å². The molecule has 1 unspecified atom stereocenters. The van der Waals surface area contributed by atoms with E-state index in [0.29, 0.717) is 19.7 Å². The van der Waals surface area contributed by atoms with E-state index in [2.05, 4.69) is 20.9 Å². The molecule has 0 aromatic carbocycles. The summed E-state index contributed by atoms with van der Waals surface area (Å²) in [5.41, 5.74) is -1.32. The van der Waals surface area contributed by atoms with Crippen molar-refractivity contribution in [3.05, 3.63) is 12.4 Å². The molecular weight excluding hydrogens is 254 g/mol. The highest BCUT2D eigenvalue weighted by atomic mass is 16.5. The summed E-state index contributed by atoms with van der Waals surface area (Å²) in [6, 6.07) is -0.534. The van der Waals surface area contributed by atoms with E-state index >= 15 is 0 Å². The predicted molar refractivity (Wildman–Crippen MR) is 62.4 cm³/mol. The number of rotatable bonds is 5. The fraction of sp³-hybridized carbons (Fsp3) is 0.600. The van der Waals surface area contributed by atoms with E-state index < -0.39 is 17.5 Å². The molecule has 1 aromatic rings. The first-order valence-electron chi connectivity index (χ1n) is 5.84. The van der Waals surface area contributed by atoms with Crippen LogP contribution in [-0.4, -0.2) is 57.4 Å². The quantitative estimate of drug-likeness (QED) is 0.619. The number of carboxylic acid groups (broad SMARTS) is 1. The standard InChI is InChI=1S/C10H15N5O4/c16-8(17)10(1-6-19-7-10)13-9(18)11-2-4-15-5-3-12-14-15/h3,5H,1-2,4,6-7H2,(H,16,17)(H2,11,13,18). The summed E-state index contributed by atoms with van der Waals surface area (Å²) in [6.07, 6.45) is 3.47. The van der Waals surface area contributed by atoms with Gasteiger partial charge in [-0.15, -0.1) is 5.10 Å². The molecule has 2 rings (SSSR count). The number of nitrogens with zero attached hydrogens (tertiary/aromatic N) is 3. The first-order chi connectivity index (χ1) is 9.12. The minimum atomic E-state index is -1.32. The third-order valence-electron chi connectivity index (χ3n) is 2.88. The molecule has 0 spiro atoms. The zero-order chi connectivity index (χ0) is 13.7. The highest BCUT2D eigenvalue weighted by Crippen LogP contribution is 2.18. The van der Waals surface area contributed by atoms with Crippen LogP contribution in [0.15, 0.2) is 12.4 Å². The molecule has 1 fully saturated rings. The summed E-state index contributed by atoms with van der Waals surface area (Å²) in [6.45, 7) is 1.10. The number of urea groups is 1. The van der Waals surface area contributed by atoms with Crippen molar-refractivity contribution in [1.82, 2.24) is 25.6 Å². The molecule has 0 radical (unpaired) electrons. The Bertz CT molecular complexity index is 441. The van der Waals surface area contributed by atoms with Crippen molar-refractivity contribution in [1.29, 1.82) is 0 Å². The molecule has 2 amide bonds. The van der Waals surface area contributed by atoms with Crippen LogP contribution in [0.1, 0.15) is 6.42 Å². The fourth-order valence-corrected chi connectivity index (χ4v) is 1.78. The van der Waals surface area contributed by atoms with Crippen LogP contribution in [0.25, 0.3) is 0 Å². The van der Waals surface area contributed by atoms with E-state index in [-0.39, 0.29) is 13.0 Å². The molecule has 1 aromatic heterocycles. The van der Waals surface area contributed by atoms with Crippen molar-refractivity contribution in [2.75, 3.05) is 19.8 Å². The summed E-state index contributed by atoms with van der Waals surface area (Å²) < 4.78 is 6.60. The zero-order valence-corrected chi connectivity index (χ0v) is 10.2. The van der Waals surface area contributed by atoms with Gasteiger partial charge in [0, 0.05) is 25.8 Å². The number of carbonyl (C=O) groups excluding carboxylic acids is 1. The molecule has 1 aliphatic heterocycles. The van der Waals surface area contributed by atoms with Crippen molar-refractivity contribution in [3.8, 4) is 0 Å². The minimum absolute atomic E-state index is 0.0151. The lowest BCUT2D eigenvalue weighted by molar-refractivity contribution is -0.144. The zero-order valence-electron chi connectivity index (χ0n) is 10.2. The van der Waals surface area contributed by atoms with Crippen molar-refractivity contribution in [3.63, 3.8) is 0 Å². The molecule has 9 heteroatoms. The molecule has 0 bridgehead atoms. The van der Waals surface area contributed by atoms with Gasteiger partial charge in [-0.3, -0.25) is 4.68 Å². The molecule has 19 heavy (non-hydrogen) atoms. The number of amides is 2. The third kappa shape index (κ3) is 3.19. The number of ether oxygens (including phenoxy) is 1. The third-order valence-corrected chi connectivity index (χ3v) is 2.88. The van der Waals surface area contributed by atoms with Gasteiger partial charge in [-0.05, 0) is 0 Å². The van der Waals surface area contributed by atoms with Crippen molar-refractivity contribution in [2.45, 2.75) is 18.5 Å². The van der Waals surface area contributed by atoms with Crippen molar-refractivity contribution >= 4 is 12.0 Å². The van der Waals surface area contributed by atoms with E-state index in [1.54, 1.807) is 10.9 Å². The smallest absolute Gasteiger partial charge is 0.332 e. The summed E-state index contributed by atoms with van der Waals surface area (Å²) >= 11 is 0. The summed E-state index contributed by atoms with van der Waals surface area (Å²) in [5.74, 6) is -1.09. The number of nitrogens with one attached hydrogen (secondary N) is 2. The topological polar surface area (TPSA) is 118 Å². The Morgan fingerprint density at radius 1 is 1.53 bits per heavy atom. The molecule has 3 N–H and O–H groups in total. The Labute approximate surface area is 108 Å². The van der Waals surface area contributed by atoms with Crippen LogP contribution in [0.3, 0.4) is 0 Å². The van der Waals surface area contributed by atoms with E-state index in [1.807, 2.05) is 0 Å². The van der Waals surface area contributed by atoms with E-state index in [4.69, 9.17) is 9.84 Å². The average molecular weight is 269 g/mol. The van der Waals surface area contributed by atoms with Crippen LogP contribution >= 0.6 is 0 Å². The lowest BCUT2D eigenvalue weighted by Gasteiger charge is -2.23. The molecule has 2 heterocycles. The maximum Gasteiger partial charge on any atom is 0.332 e. The highest BCUT2D eigenvalue weighted by Gasteiger charge is 2.43. The van der Waals surface area contributed by atoms with Gasteiger partial charge in [0.25, 0.3) is 0 Å². The van der Waals surface area contributed by atoms with Gasteiger partial charge in [0.15, 0.2) is 5.54 Å². The van der Waals surface area contributed by atoms with E-state index in [1.165, 1.54) is 6.20 Å². The second kappa shape index (κ2) is 5.65. The fourth-order valence-electron chi connectivity index (χ4n) is 1.78. The lowest BCUT2D eigenvalue weighted by atomic mass is 9.99. The van der Waals surface area contributed by atoms with Gasteiger partial charge in [-0.2, -0.15) is 0 Å². The van der Waals surface area contributed by atoms with Crippen LogP contribution in [0.5, 0.6) is 0 Å². The van der Waals surface area contributed by atoms with Crippen LogP contribution in [0.4, 0.5) is 4.79 Å². The van der Waals surface area contributed by atoms with E-state index in [0.717, 1.165) is 0 Å². The molecule has 0 saturated carbocycles. The van der Waals surface area contributed by atoms with Gasteiger partial charge in [-0.25, -0.2) is 9.59 Å². The lowest BCUT2D eigenvalue weighted by Crippen LogP contribution is -2.58. The molecule has 1 atom stereocenters. The highest BCUT2D eigenvalue weighted by molar-refractivity contribution is 5.86. The summed E-state index contributed by atoms with van der Waals surface area (Å²) in [4.78, 5) is 22.8. The van der Waals surface area contributed by atoms with Gasteiger partial charge in [0.2, 0.25) is 0 Å². The minimum Gasteiger partial charge on any atom is -0.479 e. The number of hydrogen-bond acceptors (Lipinski definition) is 5. The van der Waals surface area contributed by atoms with E-state index in [9.17, 15) is 9.59 Å². The normalized spacial score (nSPS) is 22.1. The summed E-state index contributed by atoms with van der Waals surface area (Å²) in [7, 11) is 0. The van der Waals surface area contributed by atoms with Crippen LogP contribution in [-0.2, 0) is 16.1 Å². The van der Waals surface area contributed by atoms with Crippen LogP contribution in [0, 0.1) is 0 Å². The molecular formula is C10H15N5O4. The Morgan fingerprint density at radius 2 is 2.37 bits per heavy atom. The second-order valence-electron chi connectivity index (χ2n) is 4.24. The Kier molecular flexibility index (Phi) is 3.95. The molecule has 1 saturated heterocycles. The first-order valence-corrected chi connectivity index (χ1v) is 5.84. The number of aromatic nitrogens is 3. The Balaban J connectivity index is 1.78. The number of carboxylic acids is 1. The molecule has 104 valence electrons. The van der Waals surface area contributed by atoms with Gasteiger partial charge in [-0.1, -0.05) is 5.21 Å². The largest absolute Gasteiger partial charge is 0.479 e. The Hall–Kier alpha value is -2.16. The number of aliphatic carboxylic acids is 1. The van der Waals surface area contributed by atoms with Crippen molar-refractivity contribution < 1.29 is 19.4 Å². The van der Waals surface area contributed by atoms with Gasteiger partial charge in [0.05, 0.1) is 19.3 Å². The molecule has 1 aliphatic rings. The SMILES string of the molecule is O=C(NCCn1ccnn1)NC1(C(=O)O)CCOC1. The second-order valence-corrected chi connectivity index (χ2v) is 4.24. The number of hydrogen-bond donors (Lipinski definition) is 3. The molecule has 9 nitrogen and oxygen atoms in total. The van der Waals surface area contributed by atoms with Crippen LogP contribution < -0.4 is 10.6 Å². The summed E-state index contributed by atoms with van der Waals surface area (Å²) in [5, 5.41) is 21.5. The first kappa shape index (κ1) is 13.3. The maximum absolute atomic E-state index is 11.7. The van der Waals surface area contributed by atoms with Gasteiger partial charge in [0.1, 0.15) is 0 Å². The Morgan fingerprint density at radius 3 is 2.95 bits per heavy atom. The van der Waals surface area contributed by atoms with Gasteiger partial charge < -0.3 is 20.5 Å². The average Bonchev–Trinajstić information content (AvgIpc) is 3.00. The number of carbonyl (C=O) groups is 2. The monoisotopic (exact) mass is 269 g/mol.